The van der Waals surface area contributed by atoms with Gasteiger partial charge in [0.1, 0.15) is 11.5 Å². The minimum Gasteiger partial charge on any atom is -0.497 e. The lowest BCUT2D eigenvalue weighted by Crippen LogP contribution is -2.37. The maximum Gasteiger partial charge on any atom is 0.322 e. The molecule has 6 nitrogen and oxygen atoms in total. The molecular weight excluding hydrogens is 426 g/mol. The number of urea groups is 1. The van der Waals surface area contributed by atoms with Crippen molar-refractivity contribution >= 4 is 11.7 Å². The first kappa shape index (κ1) is 21.6. The highest BCUT2D eigenvalue weighted by atomic mass is 16.5. The van der Waals surface area contributed by atoms with E-state index in [9.17, 15) is 4.79 Å². The molecule has 0 saturated carbocycles. The Morgan fingerprint density at radius 2 is 1.62 bits per heavy atom. The SMILES string of the molecule is COc1cc(NC(=O)N2Cc3ccccc3-n3cccc3[C@H]2c2ccc(C)cc2)cc(OC)c1. The first-order valence-corrected chi connectivity index (χ1v) is 11.2. The number of ether oxygens (including phenoxy) is 2. The number of nitrogens with one attached hydrogen (secondary N) is 1. The van der Waals surface area contributed by atoms with Gasteiger partial charge in [0, 0.05) is 35.8 Å². The van der Waals surface area contributed by atoms with Crippen LogP contribution in [0.15, 0.2) is 85.1 Å². The Kier molecular flexibility index (Phi) is 5.72. The zero-order valence-electron chi connectivity index (χ0n) is 19.5. The number of anilines is 1. The van der Waals surface area contributed by atoms with Gasteiger partial charge in [-0.25, -0.2) is 4.79 Å². The van der Waals surface area contributed by atoms with E-state index in [-0.39, 0.29) is 12.1 Å². The third-order valence-electron chi connectivity index (χ3n) is 6.22. The molecule has 0 radical (unpaired) electrons. The fraction of sp³-hybridized carbons (Fsp3) is 0.179. The van der Waals surface area contributed by atoms with Gasteiger partial charge in [0.05, 0.1) is 32.5 Å². The number of carbonyl (C=O) groups excluding carboxylic acids is 1. The first-order chi connectivity index (χ1) is 16.6. The molecule has 1 N–H and O–H groups in total. The van der Waals surface area contributed by atoms with Gasteiger partial charge >= 0.3 is 6.03 Å². The molecule has 2 heterocycles. The van der Waals surface area contributed by atoms with Gasteiger partial charge in [-0.1, -0.05) is 48.0 Å². The molecule has 4 aromatic rings. The Bertz CT molecular complexity index is 1300. The van der Waals surface area contributed by atoms with Crippen molar-refractivity contribution in [2.75, 3.05) is 19.5 Å². The second-order valence-corrected chi connectivity index (χ2v) is 8.40. The highest BCUT2D eigenvalue weighted by Gasteiger charge is 2.33. The van der Waals surface area contributed by atoms with E-state index in [4.69, 9.17) is 9.47 Å². The highest BCUT2D eigenvalue weighted by Crippen LogP contribution is 2.37. The van der Waals surface area contributed by atoms with Crippen molar-refractivity contribution in [2.24, 2.45) is 0 Å². The number of fused-ring (bicyclic) bond motifs is 3. The number of hydrogen-bond donors (Lipinski definition) is 1. The van der Waals surface area contributed by atoms with E-state index in [2.05, 4.69) is 65.5 Å². The molecule has 172 valence electrons. The number of nitrogens with zero attached hydrogens (tertiary/aromatic N) is 2. The van der Waals surface area contributed by atoms with Crippen LogP contribution < -0.4 is 14.8 Å². The standard InChI is InChI=1S/C28H27N3O3/c1-19-10-12-20(13-11-19)27-26-9-6-14-30(26)25-8-5-4-7-21(25)18-31(27)28(32)29-22-15-23(33-2)17-24(16-22)34-3/h4-17,27H,18H2,1-3H3,(H,29,32)/t27-/m1/s1. The van der Waals surface area contributed by atoms with Crippen LogP contribution in [0.2, 0.25) is 0 Å². The van der Waals surface area contributed by atoms with Crippen molar-refractivity contribution in [3.8, 4) is 17.2 Å². The summed E-state index contributed by atoms with van der Waals surface area (Å²) in [7, 11) is 3.18. The van der Waals surface area contributed by atoms with Gasteiger partial charge in [-0.15, -0.1) is 0 Å². The molecule has 1 aromatic heterocycles. The lowest BCUT2D eigenvalue weighted by Gasteiger charge is -2.31. The van der Waals surface area contributed by atoms with Crippen molar-refractivity contribution in [1.29, 1.82) is 0 Å². The second-order valence-electron chi connectivity index (χ2n) is 8.40. The van der Waals surface area contributed by atoms with Gasteiger partial charge < -0.3 is 24.3 Å². The zero-order chi connectivity index (χ0) is 23.7. The number of methoxy groups -OCH3 is 2. The van der Waals surface area contributed by atoms with Crippen molar-refractivity contribution in [2.45, 2.75) is 19.5 Å². The normalized spacial score (nSPS) is 14.6. The largest absolute Gasteiger partial charge is 0.497 e. The Labute approximate surface area is 199 Å². The average Bonchev–Trinajstić information content (AvgIpc) is 3.28. The molecule has 0 unspecified atom stereocenters. The van der Waals surface area contributed by atoms with Crippen molar-refractivity contribution in [1.82, 2.24) is 9.47 Å². The summed E-state index contributed by atoms with van der Waals surface area (Å²) in [4.78, 5) is 15.7. The molecule has 1 aliphatic heterocycles. The van der Waals surface area contributed by atoms with Crippen LogP contribution in [-0.4, -0.2) is 29.7 Å². The Hall–Kier alpha value is -4.19. The summed E-state index contributed by atoms with van der Waals surface area (Å²) in [5.41, 5.74) is 6.03. The topological polar surface area (TPSA) is 55.7 Å². The van der Waals surface area contributed by atoms with E-state index in [1.54, 1.807) is 32.4 Å². The first-order valence-electron chi connectivity index (χ1n) is 11.2. The van der Waals surface area contributed by atoms with Crippen molar-refractivity contribution in [3.05, 3.63) is 107 Å². The van der Waals surface area contributed by atoms with E-state index in [1.807, 2.05) is 23.1 Å². The van der Waals surface area contributed by atoms with Crippen LogP contribution in [-0.2, 0) is 6.54 Å². The monoisotopic (exact) mass is 453 g/mol. The number of para-hydroxylation sites is 1. The summed E-state index contributed by atoms with van der Waals surface area (Å²) >= 11 is 0. The number of rotatable bonds is 4. The molecule has 5 rings (SSSR count). The number of aryl methyl sites for hydroxylation is 1. The Morgan fingerprint density at radius 3 is 2.32 bits per heavy atom. The summed E-state index contributed by atoms with van der Waals surface area (Å²) in [6.45, 7) is 2.53. The third kappa shape index (κ3) is 3.99. The summed E-state index contributed by atoms with van der Waals surface area (Å²) < 4.78 is 12.9. The second kappa shape index (κ2) is 8.98. The number of aromatic nitrogens is 1. The van der Waals surface area contributed by atoms with E-state index in [0.717, 1.165) is 22.5 Å². The van der Waals surface area contributed by atoms with Gasteiger partial charge in [0.15, 0.2) is 0 Å². The van der Waals surface area contributed by atoms with E-state index >= 15 is 0 Å². The van der Waals surface area contributed by atoms with E-state index in [1.165, 1.54) is 5.56 Å². The average molecular weight is 454 g/mol. The van der Waals surface area contributed by atoms with Gasteiger partial charge in [-0.2, -0.15) is 0 Å². The molecule has 1 atom stereocenters. The maximum absolute atomic E-state index is 13.8. The molecular formula is C28H27N3O3. The number of carbonyl (C=O) groups is 1. The van der Waals surface area contributed by atoms with Crippen molar-refractivity contribution < 1.29 is 14.3 Å². The summed E-state index contributed by atoms with van der Waals surface area (Å²) in [6.07, 6.45) is 2.06. The van der Waals surface area contributed by atoms with Crippen LogP contribution in [0.25, 0.3) is 5.69 Å². The predicted molar refractivity (Wildman–Crippen MR) is 133 cm³/mol. The van der Waals surface area contributed by atoms with Gasteiger partial charge in [-0.3, -0.25) is 0 Å². The molecule has 2 amide bonds. The predicted octanol–water partition coefficient (Wildman–Crippen LogP) is 5.94. The summed E-state index contributed by atoms with van der Waals surface area (Å²) in [5, 5.41) is 3.07. The molecule has 6 heteroatoms. The third-order valence-corrected chi connectivity index (χ3v) is 6.22. The Morgan fingerprint density at radius 1 is 0.912 bits per heavy atom. The van der Waals surface area contributed by atoms with Crippen LogP contribution in [0.1, 0.15) is 28.4 Å². The van der Waals surface area contributed by atoms with Crippen LogP contribution in [0.4, 0.5) is 10.5 Å². The van der Waals surface area contributed by atoms with E-state index in [0.29, 0.717) is 23.7 Å². The Balaban J connectivity index is 1.60. The summed E-state index contributed by atoms with van der Waals surface area (Å²) in [5.74, 6) is 1.22. The molecule has 0 spiro atoms. The molecule has 0 saturated heterocycles. The lowest BCUT2D eigenvalue weighted by atomic mass is 10.0. The minimum atomic E-state index is -0.268. The van der Waals surface area contributed by atoms with Crippen molar-refractivity contribution in [3.63, 3.8) is 0 Å². The smallest absolute Gasteiger partial charge is 0.322 e. The van der Waals surface area contributed by atoms with Gasteiger partial charge in [0.2, 0.25) is 0 Å². The molecule has 3 aromatic carbocycles. The fourth-order valence-corrected chi connectivity index (χ4v) is 4.51. The molecule has 34 heavy (non-hydrogen) atoms. The molecule has 1 aliphatic rings. The zero-order valence-corrected chi connectivity index (χ0v) is 19.5. The molecule has 0 fully saturated rings. The summed E-state index contributed by atoms with van der Waals surface area (Å²) in [6, 6.07) is 25.6. The maximum atomic E-state index is 13.8. The number of amides is 2. The van der Waals surface area contributed by atoms with Crippen LogP contribution in [0.3, 0.4) is 0 Å². The van der Waals surface area contributed by atoms with Crippen LogP contribution >= 0.6 is 0 Å². The van der Waals surface area contributed by atoms with Gasteiger partial charge in [-0.05, 0) is 36.2 Å². The van der Waals surface area contributed by atoms with E-state index < -0.39 is 0 Å². The molecule has 0 bridgehead atoms. The highest BCUT2D eigenvalue weighted by molar-refractivity contribution is 5.90. The quantitative estimate of drug-likeness (QED) is 0.416. The lowest BCUT2D eigenvalue weighted by molar-refractivity contribution is 0.194. The fourth-order valence-electron chi connectivity index (χ4n) is 4.51. The van der Waals surface area contributed by atoms with Gasteiger partial charge in [0.25, 0.3) is 0 Å². The number of benzene rings is 3. The molecule has 0 aliphatic carbocycles. The van der Waals surface area contributed by atoms with Crippen LogP contribution in [0.5, 0.6) is 11.5 Å². The number of hydrogen-bond acceptors (Lipinski definition) is 3. The minimum absolute atomic E-state index is 0.203. The van der Waals surface area contributed by atoms with Crippen LogP contribution in [0, 0.1) is 6.92 Å².